The Morgan fingerprint density at radius 2 is 2.05 bits per heavy atom. The lowest BCUT2D eigenvalue weighted by molar-refractivity contribution is -0.137. The Labute approximate surface area is 116 Å². The minimum Gasteiger partial charge on any atom is -0.481 e. The minimum atomic E-state index is -0.882. The number of carbonyl (C=O) groups is 2. The number of benzene rings is 1. The minimum absolute atomic E-state index is 0.0230. The molecule has 1 aromatic rings. The predicted octanol–water partition coefficient (Wildman–Crippen LogP) is 0.809. The molecule has 0 aliphatic heterocycles. The summed E-state index contributed by atoms with van der Waals surface area (Å²) in [5, 5.41) is 23.8. The van der Waals surface area contributed by atoms with Crippen LogP contribution in [0.1, 0.15) is 30.0 Å². The van der Waals surface area contributed by atoms with Gasteiger partial charge in [-0.1, -0.05) is 24.3 Å². The summed E-state index contributed by atoms with van der Waals surface area (Å²) >= 11 is 0. The fourth-order valence-electron chi connectivity index (χ4n) is 2.38. The Kier molecular flexibility index (Phi) is 4.57. The Hall–Kier alpha value is -2.08. The fraction of sp³-hybridized carbons (Fsp3) is 0.429. The Balaban J connectivity index is 1.84. The molecule has 1 aliphatic rings. The van der Waals surface area contributed by atoms with Gasteiger partial charge in [0.15, 0.2) is 0 Å². The van der Waals surface area contributed by atoms with Crippen molar-refractivity contribution < 1.29 is 19.8 Å². The van der Waals surface area contributed by atoms with Crippen molar-refractivity contribution in [2.75, 3.05) is 6.54 Å². The van der Waals surface area contributed by atoms with Gasteiger partial charge >= 0.3 is 12.0 Å². The van der Waals surface area contributed by atoms with E-state index in [9.17, 15) is 14.7 Å². The van der Waals surface area contributed by atoms with Crippen molar-refractivity contribution in [2.24, 2.45) is 0 Å². The monoisotopic (exact) mass is 278 g/mol. The summed E-state index contributed by atoms with van der Waals surface area (Å²) in [5.74, 6) is -0.882. The van der Waals surface area contributed by atoms with Crippen molar-refractivity contribution >= 4 is 12.0 Å². The molecule has 0 spiro atoms. The standard InChI is InChI=1S/C14H18N2O4/c17-11-8-9-4-1-2-5-10(9)13(11)16-14(20)15-7-3-6-12(18)19/h1-2,4-5,11,13,17H,3,6-8H2,(H,18,19)(H2,15,16,20). The highest BCUT2D eigenvalue weighted by Crippen LogP contribution is 2.30. The van der Waals surface area contributed by atoms with E-state index in [1.54, 1.807) is 0 Å². The SMILES string of the molecule is O=C(O)CCCNC(=O)NC1c2ccccc2CC1O. The highest BCUT2D eigenvalue weighted by Gasteiger charge is 2.31. The van der Waals surface area contributed by atoms with Crippen LogP contribution in [0.15, 0.2) is 24.3 Å². The van der Waals surface area contributed by atoms with E-state index < -0.39 is 24.1 Å². The van der Waals surface area contributed by atoms with Crippen LogP contribution in [-0.2, 0) is 11.2 Å². The van der Waals surface area contributed by atoms with Crippen molar-refractivity contribution in [2.45, 2.75) is 31.4 Å². The molecule has 2 rings (SSSR count). The van der Waals surface area contributed by atoms with Crippen LogP contribution in [0.3, 0.4) is 0 Å². The molecule has 0 saturated heterocycles. The van der Waals surface area contributed by atoms with Gasteiger partial charge in [-0.05, 0) is 17.5 Å². The molecule has 6 nitrogen and oxygen atoms in total. The number of rotatable bonds is 5. The second-order valence-electron chi connectivity index (χ2n) is 4.85. The molecule has 0 bridgehead atoms. The van der Waals surface area contributed by atoms with E-state index in [-0.39, 0.29) is 6.42 Å². The fourth-order valence-corrected chi connectivity index (χ4v) is 2.38. The maximum absolute atomic E-state index is 11.7. The molecule has 2 atom stereocenters. The second-order valence-corrected chi connectivity index (χ2v) is 4.85. The summed E-state index contributed by atoms with van der Waals surface area (Å²) in [4.78, 5) is 22.1. The molecular formula is C14H18N2O4. The highest BCUT2D eigenvalue weighted by molar-refractivity contribution is 5.75. The number of carboxylic acids is 1. The number of nitrogens with one attached hydrogen (secondary N) is 2. The smallest absolute Gasteiger partial charge is 0.315 e. The molecule has 6 heteroatoms. The summed E-state index contributed by atoms with van der Waals surface area (Å²) in [6.07, 6.45) is 0.305. The van der Waals surface area contributed by atoms with Crippen LogP contribution < -0.4 is 10.6 Å². The van der Waals surface area contributed by atoms with Gasteiger partial charge in [0.1, 0.15) is 0 Å². The first-order valence-corrected chi connectivity index (χ1v) is 6.60. The van der Waals surface area contributed by atoms with E-state index in [1.165, 1.54) is 0 Å². The van der Waals surface area contributed by atoms with Gasteiger partial charge in [0, 0.05) is 19.4 Å². The van der Waals surface area contributed by atoms with E-state index >= 15 is 0 Å². The maximum Gasteiger partial charge on any atom is 0.315 e. The third-order valence-electron chi connectivity index (χ3n) is 3.34. The van der Waals surface area contributed by atoms with Gasteiger partial charge in [-0.25, -0.2) is 4.79 Å². The third kappa shape index (κ3) is 3.48. The first-order chi connectivity index (χ1) is 9.58. The molecule has 4 N–H and O–H groups in total. The van der Waals surface area contributed by atoms with E-state index in [2.05, 4.69) is 10.6 Å². The van der Waals surface area contributed by atoms with Crippen LogP contribution in [0.2, 0.25) is 0 Å². The number of urea groups is 1. The van der Waals surface area contributed by atoms with Gasteiger partial charge in [0.05, 0.1) is 12.1 Å². The third-order valence-corrected chi connectivity index (χ3v) is 3.34. The van der Waals surface area contributed by atoms with Crippen molar-refractivity contribution in [3.8, 4) is 0 Å². The van der Waals surface area contributed by atoms with Crippen LogP contribution in [-0.4, -0.2) is 34.9 Å². The Bertz CT molecular complexity index is 504. The van der Waals surface area contributed by atoms with Crippen LogP contribution >= 0.6 is 0 Å². The zero-order chi connectivity index (χ0) is 14.5. The van der Waals surface area contributed by atoms with Crippen LogP contribution in [0, 0.1) is 0 Å². The second kappa shape index (κ2) is 6.38. The number of aliphatic hydroxyl groups is 1. The molecule has 0 heterocycles. The lowest BCUT2D eigenvalue weighted by Gasteiger charge is -2.18. The first kappa shape index (κ1) is 14.3. The van der Waals surface area contributed by atoms with Crippen molar-refractivity contribution in [3.05, 3.63) is 35.4 Å². The molecule has 20 heavy (non-hydrogen) atoms. The van der Waals surface area contributed by atoms with Crippen LogP contribution in [0.25, 0.3) is 0 Å². The van der Waals surface area contributed by atoms with Gasteiger partial charge in [0.25, 0.3) is 0 Å². The van der Waals surface area contributed by atoms with Gasteiger partial charge in [-0.3, -0.25) is 4.79 Å². The maximum atomic E-state index is 11.7. The molecule has 0 radical (unpaired) electrons. The first-order valence-electron chi connectivity index (χ1n) is 6.60. The lowest BCUT2D eigenvalue weighted by Crippen LogP contribution is -2.41. The normalized spacial score (nSPS) is 20.2. The van der Waals surface area contributed by atoms with Crippen molar-refractivity contribution in [1.82, 2.24) is 10.6 Å². The summed E-state index contributed by atoms with van der Waals surface area (Å²) in [5.41, 5.74) is 1.97. The summed E-state index contributed by atoms with van der Waals surface area (Å²) in [6.45, 7) is 0.294. The zero-order valence-electron chi connectivity index (χ0n) is 11.0. The molecule has 0 aromatic heterocycles. The Morgan fingerprint density at radius 1 is 1.30 bits per heavy atom. The van der Waals surface area contributed by atoms with Gasteiger partial charge in [-0.2, -0.15) is 0 Å². The average Bonchev–Trinajstić information content (AvgIpc) is 2.71. The quantitative estimate of drug-likeness (QED) is 0.599. The van der Waals surface area contributed by atoms with Gasteiger partial charge in [-0.15, -0.1) is 0 Å². The number of aliphatic hydroxyl groups excluding tert-OH is 1. The molecule has 0 fully saturated rings. The summed E-state index contributed by atoms with van der Waals surface area (Å²) < 4.78 is 0. The van der Waals surface area contributed by atoms with Gasteiger partial charge in [0.2, 0.25) is 0 Å². The van der Waals surface area contributed by atoms with E-state index in [4.69, 9.17) is 5.11 Å². The number of carbonyl (C=O) groups excluding carboxylic acids is 1. The molecule has 1 aromatic carbocycles. The van der Waals surface area contributed by atoms with Crippen LogP contribution in [0.5, 0.6) is 0 Å². The topological polar surface area (TPSA) is 98.7 Å². The molecule has 2 amide bonds. The number of carboxylic acid groups (broad SMARTS) is 1. The van der Waals surface area contributed by atoms with Crippen LogP contribution in [0.4, 0.5) is 4.79 Å². The summed E-state index contributed by atoms with van der Waals surface area (Å²) in [6, 6.07) is 6.80. The molecular weight excluding hydrogens is 260 g/mol. The molecule has 2 unspecified atom stereocenters. The number of fused-ring (bicyclic) bond motifs is 1. The number of aliphatic carboxylic acids is 1. The van der Waals surface area contributed by atoms with Gasteiger partial charge < -0.3 is 20.8 Å². The van der Waals surface area contributed by atoms with E-state index in [1.807, 2.05) is 24.3 Å². The average molecular weight is 278 g/mol. The molecule has 108 valence electrons. The highest BCUT2D eigenvalue weighted by atomic mass is 16.4. The van der Waals surface area contributed by atoms with Crippen molar-refractivity contribution in [3.63, 3.8) is 0 Å². The largest absolute Gasteiger partial charge is 0.481 e. The number of hydrogen-bond donors (Lipinski definition) is 4. The Morgan fingerprint density at radius 3 is 2.80 bits per heavy atom. The molecule has 1 aliphatic carbocycles. The van der Waals surface area contributed by atoms with E-state index in [0.29, 0.717) is 19.4 Å². The number of amides is 2. The van der Waals surface area contributed by atoms with Crippen molar-refractivity contribution in [1.29, 1.82) is 0 Å². The lowest BCUT2D eigenvalue weighted by atomic mass is 10.1. The van der Waals surface area contributed by atoms with E-state index in [0.717, 1.165) is 11.1 Å². The number of hydrogen-bond acceptors (Lipinski definition) is 3. The zero-order valence-corrected chi connectivity index (χ0v) is 11.0. The summed E-state index contributed by atoms with van der Waals surface area (Å²) in [7, 11) is 0. The molecule has 0 saturated carbocycles. The predicted molar refractivity (Wildman–Crippen MR) is 72.3 cm³/mol.